The molecule has 0 atom stereocenters. The summed E-state index contributed by atoms with van der Waals surface area (Å²) in [6, 6.07) is 0. The van der Waals surface area contributed by atoms with E-state index in [9.17, 15) is 14.4 Å². The summed E-state index contributed by atoms with van der Waals surface area (Å²) in [5, 5.41) is 1.85. The summed E-state index contributed by atoms with van der Waals surface area (Å²) < 4.78 is 0. The summed E-state index contributed by atoms with van der Waals surface area (Å²) >= 11 is 1.14. The van der Waals surface area contributed by atoms with Gasteiger partial charge in [0.2, 0.25) is 11.8 Å². The summed E-state index contributed by atoms with van der Waals surface area (Å²) in [5.74, 6) is -0.692. The van der Waals surface area contributed by atoms with Gasteiger partial charge in [-0.25, -0.2) is 9.88 Å². The minimum Gasteiger partial charge on any atom is -0.293 e. The highest BCUT2D eigenvalue weighted by molar-refractivity contribution is 7.14. The van der Waals surface area contributed by atoms with Gasteiger partial charge in [-0.3, -0.25) is 14.4 Å². The van der Waals surface area contributed by atoms with Crippen LogP contribution in [0.25, 0.3) is 0 Å². The highest BCUT2D eigenvalue weighted by Gasteiger charge is 2.46. The Bertz CT molecular complexity index is 519. The third-order valence-electron chi connectivity index (χ3n) is 2.67. The molecule has 0 radical (unpaired) electrons. The molecule has 2 amide bonds. The molecule has 0 aliphatic carbocycles. The zero-order valence-corrected chi connectivity index (χ0v) is 10.6. The average molecular weight is 252 g/mol. The Balaban J connectivity index is 2.37. The van der Waals surface area contributed by atoms with Crippen LogP contribution in [-0.4, -0.2) is 22.6 Å². The molecular formula is C11H12N2O3S. The fraction of sp³-hybridized carbons (Fsp3) is 0.455. The first-order valence-corrected chi connectivity index (χ1v) is 6.05. The molecule has 1 aliphatic rings. The number of carbonyl (C=O) groups is 3. The van der Waals surface area contributed by atoms with Gasteiger partial charge in [0.1, 0.15) is 5.69 Å². The summed E-state index contributed by atoms with van der Waals surface area (Å²) in [4.78, 5) is 40.0. The quantitative estimate of drug-likeness (QED) is 0.592. The molecular weight excluding hydrogens is 240 g/mol. The van der Waals surface area contributed by atoms with Crippen molar-refractivity contribution in [2.75, 3.05) is 4.90 Å². The van der Waals surface area contributed by atoms with Gasteiger partial charge in [0.25, 0.3) is 0 Å². The predicted octanol–water partition coefficient (Wildman–Crippen LogP) is 1.64. The SMILES string of the molecule is CC(=O)c1csc(N2C(=O)CC(C)(C)C2=O)n1. The first-order chi connectivity index (χ1) is 7.83. The van der Waals surface area contributed by atoms with Crippen molar-refractivity contribution in [2.24, 2.45) is 5.41 Å². The Morgan fingerprint density at radius 2 is 2.12 bits per heavy atom. The van der Waals surface area contributed by atoms with Crippen molar-refractivity contribution in [2.45, 2.75) is 27.2 Å². The third-order valence-corrected chi connectivity index (χ3v) is 3.49. The Morgan fingerprint density at radius 3 is 2.53 bits per heavy atom. The lowest BCUT2D eigenvalue weighted by Gasteiger charge is -2.14. The lowest BCUT2D eigenvalue weighted by atomic mass is 9.92. The summed E-state index contributed by atoms with van der Waals surface area (Å²) in [6.45, 7) is 4.86. The van der Waals surface area contributed by atoms with Gasteiger partial charge in [0.05, 0.1) is 5.41 Å². The van der Waals surface area contributed by atoms with Gasteiger partial charge in [-0.1, -0.05) is 13.8 Å². The number of rotatable bonds is 2. The number of nitrogens with zero attached hydrogens (tertiary/aromatic N) is 2. The molecule has 0 bridgehead atoms. The van der Waals surface area contributed by atoms with E-state index in [1.165, 1.54) is 6.92 Å². The second-order valence-corrected chi connectivity index (χ2v) is 5.50. The van der Waals surface area contributed by atoms with E-state index < -0.39 is 5.41 Å². The maximum atomic E-state index is 12.0. The number of aromatic nitrogens is 1. The van der Waals surface area contributed by atoms with Crippen molar-refractivity contribution >= 4 is 34.1 Å². The van der Waals surface area contributed by atoms with Crippen molar-refractivity contribution in [3.05, 3.63) is 11.1 Å². The number of amides is 2. The van der Waals surface area contributed by atoms with Crippen LogP contribution in [0, 0.1) is 5.41 Å². The first-order valence-electron chi connectivity index (χ1n) is 5.17. The van der Waals surface area contributed by atoms with Gasteiger partial charge < -0.3 is 0 Å². The van der Waals surface area contributed by atoms with E-state index in [0.29, 0.717) is 0 Å². The van der Waals surface area contributed by atoms with Crippen molar-refractivity contribution in [3.63, 3.8) is 0 Å². The number of anilines is 1. The van der Waals surface area contributed by atoms with Crippen molar-refractivity contribution < 1.29 is 14.4 Å². The highest BCUT2D eigenvalue weighted by Crippen LogP contribution is 2.36. The van der Waals surface area contributed by atoms with E-state index in [1.54, 1.807) is 19.2 Å². The second-order valence-electron chi connectivity index (χ2n) is 4.67. The van der Waals surface area contributed by atoms with Gasteiger partial charge in [0.15, 0.2) is 10.9 Å². The molecule has 90 valence electrons. The number of carbonyl (C=O) groups excluding carboxylic acids is 3. The van der Waals surface area contributed by atoms with Gasteiger partial charge in [-0.2, -0.15) is 0 Å². The van der Waals surface area contributed by atoms with E-state index in [2.05, 4.69) is 4.98 Å². The number of Topliss-reactive ketones (excluding diaryl/α,β-unsaturated/α-hetero) is 1. The molecule has 5 nitrogen and oxygen atoms in total. The minimum atomic E-state index is -0.681. The first kappa shape index (κ1) is 11.9. The van der Waals surface area contributed by atoms with Crippen molar-refractivity contribution in [1.82, 2.24) is 4.98 Å². The lowest BCUT2D eigenvalue weighted by molar-refractivity contribution is -0.124. The Hall–Kier alpha value is -1.56. The monoisotopic (exact) mass is 252 g/mol. The Kier molecular flexibility index (Phi) is 2.61. The number of hydrogen-bond donors (Lipinski definition) is 0. The highest BCUT2D eigenvalue weighted by atomic mass is 32.1. The number of hydrogen-bond acceptors (Lipinski definition) is 5. The van der Waals surface area contributed by atoms with Crippen molar-refractivity contribution in [3.8, 4) is 0 Å². The minimum absolute atomic E-state index is 0.175. The summed E-state index contributed by atoms with van der Waals surface area (Å²) in [5.41, 5.74) is -0.394. The lowest BCUT2D eigenvalue weighted by Crippen LogP contribution is -2.32. The maximum Gasteiger partial charge on any atom is 0.241 e. The van der Waals surface area contributed by atoms with E-state index >= 15 is 0 Å². The van der Waals surface area contributed by atoms with E-state index in [-0.39, 0.29) is 34.8 Å². The van der Waals surface area contributed by atoms with E-state index in [1.807, 2.05) is 0 Å². The third kappa shape index (κ3) is 1.88. The molecule has 0 aromatic carbocycles. The molecule has 1 aromatic heterocycles. The molecule has 17 heavy (non-hydrogen) atoms. The van der Waals surface area contributed by atoms with Crippen LogP contribution in [0.15, 0.2) is 5.38 Å². The predicted molar refractivity (Wildman–Crippen MR) is 63.0 cm³/mol. The van der Waals surface area contributed by atoms with Crippen LogP contribution in [0.3, 0.4) is 0 Å². The standard InChI is InChI=1S/C11H12N2O3S/c1-6(14)7-5-17-10(12-7)13-8(15)4-11(2,3)9(13)16/h5H,4H2,1-3H3. The Morgan fingerprint density at radius 1 is 1.47 bits per heavy atom. The van der Waals surface area contributed by atoms with Crippen LogP contribution < -0.4 is 4.90 Å². The fourth-order valence-corrected chi connectivity index (χ4v) is 2.55. The van der Waals surface area contributed by atoms with Crippen LogP contribution in [0.5, 0.6) is 0 Å². The number of ketones is 1. The van der Waals surface area contributed by atoms with Crippen LogP contribution in [-0.2, 0) is 9.59 Å². The van der Waals surface area contributed by atoms with Crippen LogP contribution in [0.1, 0.15) is 37.7 Å². The molecule has 0 spiro atoms. The largest absolute Gasteiger partial charge is 0.293 e. The molecule has 1 aromatic rings. The maximum absolute atomic E-state index is 12.0. The molecule has 1 fully saturated rings. The normalized spacial score (nSPS) is 18.9. The number of thiazole rings is 1. The van der Waals surface area contributed by atoms with Crippen LogP contribution in [0.2, 0.25) is 0 Å². The molecule has 2 heterocycles. The molecule has 0 saturated carbocycles. The molecule has 1 aliphatic heterocycles. The van der Waals surface area contributed by atoms with Gasteiger partial charge >= 0.3 is 0 Å². The molecule has 0 unspecified atom stereocenters. The van der Waals surface area contributed by atoms with Gasteiger partial charge in [-0.15, -0.1) is 11.3 Å². The smallest absolute Gasteiger partial charge is 0.241 e. The summed E-state index contributed by atoms with van der Waals surface area (Å²) in [6.07, 6.45) is 0.181. The van der Waals surface area contributed by atoms with Crippen molar-refractivity contribution in [1.29, 1.82) is 0 Å². The van der Waals surface area contributed by atoms with Crippen LogP contribution in [0.4, 0.5) is 5.13 Å². The molecule has 0 N–H and O–H groups in total. The average Bonchev–Trinajstić information content (AvgIpc) is 2.72. The van der Waals surface area contributed by atoms with Gasteiger partial charge in [0, 0.05) is 18.7 Å². The topological polar surface area (TPSA) is 67.3 Å². The van der Waals surface area contributed by atoms with E-state index in [4.69, 9.17) is 0 Å². The van der Waals surface area contributed by atoms with Gasteiger partial charge in [-0.05, 0) is 0 Å². The second kappa shape index (κ2) is 3.73. The fourth-order valence-electron chi connectivity index (χ4n) is 1.67. The van der Waals surface area contributed by atoms with Crippen LogP contribution >= 0.6 is 11.3 Å². The zero-order chi connectivity index (χ0) is 12.8. The molecule has 2 rings (SSSR count). The Labute approximate surface area is 102 Å². The number of imide groups is 1. The molecule has 1 saturated heterocycles. The summed E-state index contributed by atoms with van der Waals surface area (Å²) in [7, 11) is 0. The molecule has 6 heteroatoms. The van der Waals surface area contributed by atoms with E-state index in [0.717, 1.165) is 16.2 Å². The zero-order valence-electron chi connectivity index (χ0n) is 9.81.